The minimum Gasteiger partial charge on any atom is -0.334 e. The molecule has 0 N–H and O–H groups in total. The quantitative estimate of drug-likeness (QED) is 0.739. The lowest BCUT2D eigenvalue weighted by Gasteiger charge is -2.19. The van der Waals surface area contributed by atoms with Crippen molar-refractivity contribution in [3.05, 3.63) is 59.9 Å². The summed E-state index contributed by atoms with van der Waals surface area (Å²) < 4.78 is 28.5. The second kappa shape index (κ2) is 5.70. The number of sulfonamides is 1. The van der Waals surface area contributed by atoms with Crippen LogP contribution in [0.5, 0.6) is 0 Å². The summed E-state index contributed by atoms with van der Waals surface area (Å²) >= 11 is 0. The van der Waals surface area contributed by atoms with Crippen LogP contribution in [0.1, 0.15) is 11.1 Å². The molecule has 0 unspecified atom stereocenters. The van der Waals surface area contributed by atoms with Crippen molar-refractivity contribution in [2.75, 3.05) is 11.4 Å². The van der Waals surface area contributed by atoms with Crippen LogP contribution in [0.2, 0.25) is 0 Å². The molecule has 0 aliphatic heterocycles. The smallest absolute Gasteiger partial charge is 0.239 e. The van der Waals surface area contributed by atoms with Crippen molar-refractivity contribution in [1.29, 1.82) is 0 Å². The van der Waals surface area contributed by atoms with E-state index in [-0.39, 0.29) is 5.75 Å². The molecule has 0 saturated heterocycles. The predicted octanol–water partition coefficient (Wildman–Crippen LogP) is 2.85. The summed E-state index contributed by atoms with van der Waals surface area (Å²) in [6.07, 6.45) is 1.72. The maximum atomic E-state index is 12.6. The second-order valence-electron chi connectivity index (χ2n) is 5.74. The number of fused-ring (bicyclic) bond motifs is 1. The van der Waals surface area contributed by atoms with Crippen LogP contribution in [0, 0.1) is 6.92 Å². The first-order valence-electron chi connectivity index (χ1n) is 7.30. The van der Waals surface area contributed by atoms with Crippen LogP contribution in [-0.4, -0.2) is 25.0 Å². The summed E-state index contributed by atoms with van der Waals surface area (Å²) in [5.41, 5.74) is 4.25. The zero-order chi connectivity index (χ0) is 16.6. The maximum Gasteiger partial charge on any atom is 0.239 e. The van der Waals surface area contributed by atoms with Crippen LogP contribution in [-0.2, 0) is 22.8 Å². The van der Waals surface area contributed by atoms with Crippen LogP contribution in [0.25, 0.3) is 11.0 Å². The fraction of sp³-hybridized carbons (Fsp3) is 0.235. The highest BCUT2D eigenvalue weighted by Gasteiger charge is 2.19. The highest BCUT2D eigenvalue weighted by atomic mass is 32.2. The SMILES string of the molecule is Cc1ccc(CS(=O)(=O)N(C)c2ccc3c(c2)ncn3C)cc1. The second-order valence-corrected chi connectivity index (χ2v) is 7.74. The van der Waals surface area contributed by atoms with Gasteiger partial charge in [-0.2, -0.15) is 0 Å². The molecule has 120 valence electrons. The first kappa shape index (κ1) is 15.6. The van der Waals surface area contributed by atoms with E-state index in [1.54, 1.807) is 25.5 Å². The molecule has 0 bridgehead atoms. The molecule has 0 aliphatic carbocycles. The molecular formula is C17H19N3O2S. The lowest BCUT2D eigenvalue weighted by Crippen LogP contribution is -2.27. The van der Waals surface area contributed by atoms with Gasteiger partial charge in [-0.1, -0.05) is 29.8 Å². The monoisotopic (exact) mass is 329 g/mol. The van der Waals surface area contributed by atoms with E-state index in [9.17, 15) is 8.42 Å². The molecule has 3 aromatic rings. The molecule has 1 heterocycles. The Bertz CT molecular complexity index is 944. The Labute approximate surface area is 136 Å². The highest BCUT2D eigenvalue weighted by molar-refractivity contribution is 7.92. The number of imidazole rings is 1. The van der Waals surface area contributed by atoms with Gasteiger partial charge in [-0.05, 0) is 30.7 Å². The zero-order valence-electron chi connectivity index (χ0n) is 13.4. The van der Waals surface area contributed by atoms with Crippen molar-refractivity contribution in [1.82, 2.24) is 9.55 Å². The molecule has 0 spiro atoms. The van der Waals surface area contributed by atoms with Crippen LogP contribution >= 0.6 is 0 Å². The van der Waals surface area contributed by atoms with Gasteiger partial charge in [0.1, 0.15) is 0 Å². The van der Waals surface area contributed by atoms with Crippen molar-refractivity contribution >= 4 is 26.7 Å². The molecule has 0 amide bonds. The van der Waals surface area contributed by atoms with Crippen molar-refractivity contribution < 1.29 is 8.42 Å². The van der Waals surface area contributed by atoms with Crippen molar-refractivity contribution in [2.45, 2.75) is 12.7 Å². The van der Waals surface area contributed by atoms with Gasteiger partial charge in [-0.3, -0.25) is 4.31 Å². The number of anilines is 1. The molecule has 0 radical (unpaired) electrons. The molecule has 6 heteroatoms. The maximum absolute atomic E-state index is 12.6. The summed E-state index contributed by atoms with van der Waals surface area (Å²) in [5.74, 6) is -0.0238. The van der Waals surface area contributed by atoms with Gasteiger partial charge in [0.05, 0.1) is 28.8 Å². The van der Waals surface area contributed by atoms with E-state index < -0.39 is 10.0 Å². The minimum absolute atomic E-state index is 0.0238. The summed E-state index contributed by atoms with van der Waals surface area (Å²) in [6, 6.07) is 13.0. The Kier molecular flexibility index (Phi) is 3.85. The van der Waals surface area contributed by atoms with E-state index >= 15 is 0 Å². The average Bonchev–Trinajstić information content (AvgIpc) is 2.89. The van der Waals surface area contributed by atoms with E-state index in [4.69, 9.17) is 0 Å². The van der Waals surface area contributed by atoms with Gasteiger partial charge in [0, 0.05) is 14.1 Å². The van der Waals surface area contributed by atoms with Crippen molar-refractivity contribution in [2.24, 2.45) is 7.05 Å². The normalized spacial score (nSPS) is 11.8. The largest absolute Gasteiger partial charge is 0.334 e. The molecule has 0 saturated carbocycles. The molecule has 2 aromatic carbocycles. The first-order chi connectivity index (χ1) is 10.9. The zero-order valence-corrected chi connectivity index (χ0v) is 14.2. The number of hydrogen-bond donors (Lipinski definition) is 0. The third kappa shape index (κ3) is 3.07. The molecule has 23 heavy (non-hydrogen) atoms. The number of aromatic nitrogens is 2. The molecule has 5 nitrogen and oxygen atoms in total. The topological polar surface area (TPSA) is 55.2 Å². The van der Waals surface area contributed by atoms with E-state index in [1.807, 2.05) is 48.9 Å². The number of aryl methyl sites for hydroxylation is 2. The Morgan fingerprint density at radius 3 is 2.52 bits per heavy atom. The third-order valence-electron chi connectivity index (χ3n) is 3.96. The summed E-state index contributed by atoms with van der Waals surface area (Å²) in [6.45, 7) is 1.98. The van der Waals surface area contributed by atoms with Crippen LogP contribution in [0.15, 0.2) is 48.8 Å². The third-order valence-corrected chi connectivity index (χ3v) is 5.70. The van der Waals surface area contributed by atoms with Crippen LogP contribution in [0.3, 0.4) is 0 Å². The van der Waals surface area contributed by atoms with Crippen molar-refractivity contribution in [3.63, 3.8) is 0 Å². The number of rotatable bonds is 4. The van der Waals surface area contributed by atoms with Crippen LogP contribution in [0.4, 0.5) is 5.69 Å². The summed E-state index contributed by atoms with van der Waals surface area (Å²) in [7, 11) is 0.0443. The molecule has 0 fully saturated rings. The minimum atomic E-state index is -3.44. The first-order valence-corrected chi connectivity index (χ1v) is 8.91. The molecule has 3 rings (SSSR count). The van der Waals surface area contributed by atoms with Crippen molar-refractivity contribution in [3.8, 4) is 0 Å². The average molecular weight is 329 g/mol. The Morgan fingerprint density at radius 1 is 1.13 bits per heavy atom. The van der Waals surface area contributed by atoms with Gasteiger partial charge >= 0.3 is 0 Å². The van der Waals surface area contributed by atoms with Gasteiger partial charge in [0.2, 0.25) is 10.0 Å². The van der Waals surface area contributed by atoms with E-state index in [0.717, 1.165) is 22.2 Å². The van der Waals surface area contributed by atoms with Gasteiger partial charge in [-0.25, -0.2) is 13.4 Å². The fourth-order valence-electron chi connectivity index (χ4n) is 2.47. The summed E-state index contributed by atoms with van der Waals surface area (Å²) in [5, 5.41) is 0. The Balaban J connectivity index is 1.89. The lowest BCUT2D eigenvalue weighted by molar-refractivity contribution is 0.593. The van der Waals surface area contributed by atoms with Gasteiger partial charge in [0.15, 0.2) is 0 Å². The summed E-state index contributed by atoms with van der Waals surface area (Å²) in [4.78, 5) is 4.28. The van der Waals surface area contributed by atoms with E-state index in [2.05, 4.69) is 4.98 Å². The number of benzene rings is 2. The van der Waals surface area contributed by atoms with Gasteiger partial charge in [0.25, 0.3) is 0 Å². The molecular weight excluding hydrogens is 310 g/mol. The van der Waals surface area contributed by atoms with E-state index in [0.29, 0.717) is 5.69 Å². The fourth-order valence-corrected chi connectivity index (χ4v) is 3.71. The van der Waals surface area contributed by atoms with Gasteiger partial charge in [-0.15, -0.1) is 0 Å². The van der Waals surface area contributed by atoms with E-state index in [1.165, 1.54) is 4.31 Å². The standard InChI is InChI=1S/C17H19N3O2S/c1-13-4-6-14(7-5-13)11-23(21,22)20(3)15-8-9-17-16(10-15)18-12-19(17)2/h4-10,12H,11H2,1-3H3. The predicted molar refractivity (Wildman–Crippen MR) is 92.9 cm³/mol. The molecule has 0 aliphatic rings. The highest BCUT2D eigenvalue weighted by Crippen LogP contribution is 2.23. The Hall–Kier alpha value is -2.34. The number of hydrogen-bond acceptors (Lipinski definition) is 3. The number of nitrogens with zero attached hydrogens (tertiary/aromatic N) is 3. The molecule has 0 atom stereocenters. The van der Waals surface area contributed by atoms with Crippen LogP contribution < -0.4 is 4.31 Å². The van der Waals surface area contributed by atoms with Gasteiger partial charge < -0.3 is 4.57 Å². The molecule has 1 aromatic heterocycles. The lowest BCUT2D eigenvalue weighted by atomic mass is 10.2. The Morgan fingerprint density at radius 2 is 1.83 bits per heavy atom.